The highest BCUT2D eigenvalue weighted by molar-refractivity contribution is 5.85. The molecule has 0 fully saturated rings. The molecule has 1 unspecified atom stereocenters. The molecule has 24 heavy (non-hydrogen) atoms. The van der Waals surface area contributed by atoms with Crippen LogP contribution in [0.25, 0.3) is 11.1 Å². The third-order valence-corrected chi connectivity index (χ3v) is 4.14. The maximum atomic E-state index is 12.0. The van der Waals surface area contributed by atoms with E-state index in [1.807, 2.05) is 38.2 Å². The van der Waals surface area contributed by atoms with E-state index in [-0.39, 0.29) is 24.4 Å². The Bertz CT molecular complexity index is 659. The van der Waals surface area contributed by atoms with Crippen molar-refractivity contribution in [1.82, 2.24) is 4.90 Å². The van der Waals surface area contributed by atoms with Crippen molar-refractivity contribution in [2.45, 2.75) is 19.4 Å². The maximum absolute atomic E-state index is 12.0. The lowest BCUT2D eigenvalue weighted by Crippen LogP contribution is -2.31. The van der Waals surface area contributed by atoms with Crippen LogP contribution in [0.15, 0.2) is 48.5 Å². The van der Waals surface area contributed by atoms with Crippen LogP contribution in [0.2, 0.25) is 0 Å². The van der Waals surface area contributed by atoms with Crippen LogP contribution in [0.3, 0.4) is 0 Å². The molecule has 0 radical (unpaired) electrons. The molecule has 1 amide bonds. The summed E-state index contributed by atoms with van der Waals surface area (Å²) in [4.78, 5) is 13.7. The van der Waals surface area contributed by atoms with E-state index in [1.165, 1.54) is 0 Å². The third kappa shape index (κ3) is 4.49. The van der Waals surface area contributed by atoms with Gasteiger partial charge in [0, 0.05) is 25.6 Å². The van der Waals surface area contributed by atoms with Gasteiger partial charge in [0.2, 0.25) is 5.91 Å². The number of halogens is 1. The molecule has 2 aromatic carbocycles. The van der Waals surface area contributed by atoms with E-state index in [0.717, 1.165) is 22.4 Å². The third-order valence-electron chi connectivity index (χ3n) is 4.14. The van der Waals surface area contributed by atoms with Crippen LogP contribution in [0.1, 0.15) is 24.9 Å². The van der Waals surface area contributed by atoms with Crippen molar-refractivity contribution in [3.05, 3.63) is 54.1 Å². The first-order chi connectivity index (χ1) is 11.1. The first-order valence-electron chi connectivity index (χ1n) is 7.77. The zero-order chi connectivity index (χ0) is 16.8. The van der Waals surface area contributed by atoms with Crippen LogP contribution in [-0.2, 0) is 4.79 Å². The van der Waals surface area contributed by atoms with E-state index in [9.17, 15) is 4.79 Å². The Labute approximate surface area is 150 Å². The maximum Gasteiger partial charge on any atom is 0.224 e. The predicted molar refractivity (Wildman–Crippen MR) is 101 cm³/mol. The second-order valence-corrected chi connectivity index (χ2v) is 5.54. The van der Waals surface area contributed by atoms with Gasteiger partial charge in [0.25, 0.3) is 0 Å². The number of methoxy groups -OCH3 is 1. The molecule has 2 rings (SSSR count). The van der Waals surface area contributed by atoms with Gasteiger partial charge in [-0.2, -0.15) is 0 Å². The lowest BCUT2D eigenvalue weighted by molar-refractivity contribution is -0.131. The summed E-state index contributed by atoms with van der Waals surface area (Å²) >= 11 is 0. The Morgan fingerprint density at radius 3 is 2.38 bits per heavy atom. The van der Waals surface area contributed by atoms with E-state index < -0.39 is 0 Å². The molecular formula is C19H25ClN2O2. The van der Waals surface area contributed by atoms with Crippen LogP contribution in [0, 0.1) is 0 Å². The summed E-state index contributed by atoms with van der Waals surface area (Å²) in [5.74, 6) is 0.914. The molecule has 4 nitrogen and oxygen atoms in total. The molecule has 0 aliphatic heterocycles. The average molecular weight is 349 g/mol. The number of para-hydroxylation sites is 1. The minimum atomic E-state index is 0. The Morgan fingerprint density at radius 2 is 1.79 bits per heavy atom. The lowest BCUT2D eigenvalue weighted by atomic mass is 10.00. The highest BCUT2D eigenvalue weighted by atomic mass is 35.5. The Balaban J connectivity index is 0.00000288. The fraction of sp³-hybridized carbons (Fsp3) is 0.316. The van der Waals surface area contributed by atoms with Gasteiger partial charge in [-0.3, -0.25) is 4.79 Å². The van der Waals surface area contributed by atoms with E-state index >= 15 is 0 Å². The summed E-state index contributed by atoms with van der Waals surface area (Å²) in [5.41, 5.74) is 8.70. The Hall–Kier alpha value is -2.04. The van der Waals surface area contributed by atoms with E-state index in [4.69, 9.17) is 10.5 Å². The van der Waals surface area contributed by atoms with Gasteiger partial charge in [0.15, 0.2) is 0 Å². The van der Waals surface area contributed by atoms with Crippen molar-refractivity contribution >= 4 is 18.3 Å². The van der Waals surface area contributed by atoms with Crippen molar-refractivity contribution in [3.8, 4) is 16.9 Å². The van der Waals surface area contributed by atoms with Gasteiger partial charge in [-0.1, -0.05) is 42.5 Å². The number of amides is 1. The predicted octanol–water partition coefficient (Wildman–Crippen LogP) is 3.65. The number of hydrogen-bond acceptors (Lipinski definition) is 3. The highest BCUT2D eigenvalue weighted by Gasteiger charge is 2.16. The molecule has 0 aliphatic carbocycles. The fourth-order valence-corrected chi connectivity index (χ4v) is 2.56. The number of rotatable bonds is 6. The summed E-state index contributed by atoms with van der Waals surface area (Å²) in [5, 5.41) is 0. The number of benzene rings is 2. The monoisotopic (exact) mass is 348 g/mol. The number of nitrogens with two attached hydrogens (primary N) is 1. The molecule has 130 valence electrons. The van der Waals surface area contributed by atoms with Gasteiger partial charge in [0.1, 0.15) is 5.75 Å². The molecular weight excluding hydrogens is 324 g/mol. The summed E-state index contributed by atoms with van der Waals surface area (Å²) < 4.78 is 5.41. The van der Waals surface area contributed by atoms with Crippen molar-refractivity contribution in [2.24, 2.45) is 5.73 Å². The summed E-state index contributed by atoms with van der Waals surface area (Å²) in [6.45, 7) is 2.40. The van der Waals surface area contributed by atoms with Gasteiger partial charge >= 0.3 is 0 Å². The summed E-state index contributed by atoms with van der Waals surface area (Å²) in [7, 11) is 3.49. The molecule has 0 saturated carbocycles. The molecule has 0 saturated heterocycles. The standard InChI is InChI=1S/C19H24N2O2.ClH/c1-14(21(2)19(22)12-13-20)15-8-10-16(11-9-15)17-6-4-5-7-18(17)23-3;/h4-11,14H,12-13,20H2,1-3H3;1H. The van der Waals surface area contributed by atoms with Crippen LogP contribution in [0.4, 0.5) is 0 Å². The molecule has 0 spiro atoms. The van der Waals surface area contributed by atoms with Crippen molar-refractivity contribution in [2.75, 3.05) is 20.7 Å². The number of ether oxygens (including phenoxy) is 1. The SMILES string of the molecule is COc1ccccc1-c1ccc(C(C)N(C)C(=O)CCN)cc1.Cl. The molecule has 0 bridgehead atoms. The normalized spacial score (nSPS) is 11.3. The van der Waals surface area contributed by atoms with Crippen LogP contribution in [-0.4, -0.2) is 31.5 Å². The molecule has 2 N–H and O–H groups in total. The smallest absolute Gasteiger partial charge is 0.224 e. The molecule has 0 aliphatic rings. The minimum absolute atomic E-state index is 0. The van der Waals surface area contributed by atoms with E-state index in [2.05, 4.69) is 24.3 Å². The first kappa shape index (κ1) is 20.0. The molecule has 1 atom stereocenters. The first-order valence-corrected chi connectivity index (χ1v) is 7.77. The molecule has 2 aromatic rings. The molecule has 5 heteroatoms. The average Bonchev–Trinajstić information content (AvgIpc) is 2.60. The van der Waals surface area contributed by atoms with Crippen LogP contribution < -0.4 is 10.5 Å². The van der Waals surface area contributed by atoms with Gasteiger partial charge in [-0.05, 0) is 24.1 Å². The topological polar surface area (TPSA) is 55.6 Å². The van der Waals surface area contributed by atoms with Gasteiger partial charge in [0.05, 0.1) is 13.2 Å². The second-order valence-electron chi connectivity index (χ2n) is 5.54. The fourth-order valence-electron chi connectivity index (χ4n) is 2.56. The highest BCUT2D eigenvalue weighted by Crippen LogP contribution is 2.30. The van der Waals surface area contributed by atoms with Gasteiger partial charge in [-0.15, -0.1) is 12.4 Å². The largest absolute Gasteiger partial charge is 0.496 e. The zero-order valence-electron chi connectivity index (χ0n) is 14.4. The Morgan fingerprint density at radius 1 is 1.17 bits per heavy atom. The molecule has 0 heterocycles. The van der Waals surface area contributed by atoms with Gasteiger partial charge < -0.3 is 15.4 Å². The van der Waals surface area contributed by atoms with Crippen molar-refractivity contribution in [1.29, 1.82) is 0 Å². The van der Waals surface area contributed by atoms with Gasteiger partial charge in [-0.25, -0.2) is 0 Å². The summed E-state index contributed by atoms with van der Waals surface area (Å²) in [6, 6.07) is 16.2. The minimum Gasteiger partial charge on any atom is -0.496 e. The number of nitrogens with zero attached hydrogens (tertiary/aromatic N) is 1. The van der Waals surface area contributed by atoms with Crippen molar-refractivity contribution in [3.63, 3.8) is 0 Å². The number of hydrogen-bond donors (Lipinski definition) is 1. The summed E-state index contributed by atoms with van der Waals surface area (Å²) in [6.07, 6.45) is 0.375. The quantitative estimate of drug-likeness (QED) is 0.866. The van der Waals surface area contributed by atoms with E-state index in [1.54, 1.807) is 12.0 Å². The second kappa shape index (κ2) is 9.30. The van der Waals surface area contributed by atoms with E-state index in [0.29, 0.717) is 13.0 Å². The molecule has 0 aromatic heterocycles. The van der Waals surface area contributed by atoms with Crippen LogP contribution >= 0.6 is 12.4 Å². The number of carbonyl (C=O) groups is 1. The number of carbonyl (C=O) groups excluding carboxylic acids is 1. The Kier molecular flexibility index (Phi) is 7.75. The van der Waals surface area contributed by atoms with Crippen LogP contribution in [0.5, 0.6) is 5.75 Å². The zero-order valence-corrected chi connectivity index (χ0v) is 15.2. The van der Waals surface area contributed by atoms with Crippen molar-refractivity contribution < 1.29 is 9.53 Å². The lowest BCUT2D eigenvalue weighted by Gasteiger charge is -2.25.